The Labute approximate surface area is 238 Å². The summed E-state index contributed by atoms with van der Waals surface area (Å²) in [5, 5.41) is 46.0. The van der Waals surface area contributed by atoms with Gasteiger partial charge in [-0.25, -0.2) is 0 Å². The van der Waals surface area contributed by atoms with E-state index < -0.39 is 69.5 Å². The summed E-state index contributed by atoms with van der Waals surface area (Å²) >= 11 is 0. The molecule has 0 aromatic heterocycles. The highest BCUT2D eigenvalue weighted by Gasteiger charge is 2.63. The van der Waals surface area contributed by atoms with Crippen molar-refractivity contribution in [1.29, 1.82) is 0 Å². The van der Waals surface area contributed by atoms with Crippen LogP contribution >= 0.6 is 0 Å². The fourth-order valence-corrected chi connectivity index (χ4v) is 7.30. The zero-order valence-electron chi connectivity index (χ0n) is 24.0. The Balaban J connectivity index is 1.72. The second kappa shape index (κ2) is 10.1. The first-order valence-corrected chi connectivity index (χ1v) is 14.2. The number of Topliss-reactive ketones (excluding diaryl/α,β-unsaturated/α-hetero) is 3. The average molecular weight is 568 g/mol. The SMILES string of the molecule is CC(=O)C1=C(O)[C@]2(O)C(=O)C3=C(O)c4c(O)c(C(=O)N5CCOCC5)cc(C(C)C)c4CC3CC2C(C(C)C)C1=O. The van der Waals surface area contributed by atoms with E-state index in [1.165, 1.54) is 0 Å². The van der Waals surface area contributed by atoms with Crippen molar-refractivity contribution in [2.24, 2.45) is 23.7 Å². The first kappa shape index (κ1) is 29.0. The molecule has 4 aliphatic rings. The molecular weight excluding hydrogens is 530 g/mol. The van der Waals surface area contributed by atoms with Crippen LogP contribution in [0.5, 0.6) is 5.75 Å². The van der Waals surface area contributed by atoms with Crippen LogP contribution in [0.1, 0.15) is 74.0 Å². The van der Waals surface area contributed by atoms with Crippen molar-refractivity contribution in [2.45, 2.75) is 59.0 Å². The number of benzene rings is 1. The van der Waals surface area contributed by atoms with Gasteiger partial charge in [0.2, 0.25) is 5.78 Å². The van der Waals surface area contributed by atoms with Gasteiger partial charge in [0.25, 0.3) is 5.91 Å². The van der Waals surface area contributed by atoms with Crippen molar-refractivity contribution in [2.75, 3.05) is 26.3 Å². The number of aromatic hydroxyl groups is 1. The van der Waals surface area contributed by atoms with Gasteiger partial charge in [0.1, 0.15) is 22.8 Å². The number of ketones is 3. The molecule has 1 heterocycles. The van der Waals surface area contributed by atoms with Crippen LogP contribution in [0.3, 0.4) is 0 Å². The van der Waals surface area contributed by atoms with Gasteiger partial charge in [-0.3, -0.25) is 19.2 Å². The van der Waals surface area contributed by atoms with E-state index in [0.29, 0.717) is 31.9 Å². The molecule has 1 saturated heterocycles. The van der Waals surface area contributed by atoms with Crippen LogP contribution in [0.25, 0.3) is 5.76 Å². The molecule has 41 heavy (non-hydrogen) atoms. The summed E-state index contributed by atoms with van der Waals surface area (Å²) in [5.74, 6) is -7.84. The smallest absolute Gasteiger partial charge is 0.257 e. The zero-order chi connectivity index (χ0) is 30.1. The van der Waals surface area contributed by atoms with E-state index in [4.69, 9.17) is 4.74 Å². The van der Waals surface area contributed by atoms with Crippen LogP contribution in [-0.4, -0.2) is 80.5 Å². The Morgan fingerprint density at radius 3 is 2.27 bits per heavy atom. The summed E-state index contributed by atoms with van der Waals surface area (Å²) < 4.78 is 5.34. The number of fused-ring (bicyclic) bond motifs is 3. The molecule has 4 atom stereocenters. The van der Waals surface area contributed by atoms with Gasteiger partial charge >= 0.3 is 0 Å². The van der Waals surface area contributed by atoms with E-state index in [-0.39, 0.29) is 41.4 Å². The molecule has 1 aliphatic heterocycles. The summed E-state index contributed by atoms with van der Waals surface area (Å²) in [4.78, 5) is 54.9. The van der Waals surface area contributed by atoms with E-state index in [9.17, 15) is 39.6 Å². The maximum Gasteiger partial charge on any atom is 0.257 e. The minimum atomic E-state index is -2.60. The summed E-state index contributed by atoms with van der Waals surface area (Å²) in [7, 11) is 0. The predicted molar refractivity (Wildman–Crippen MR) is 147 cm³/mol. The fourth-order valence-electron chi connectivity index (χ4n) is 7.30. The van der Waals surface area contributed by atoms with Crippen LogP contribution in [0.4, 0.5) is 0 Å². The molecule has 3 aliphatic carbocycles. The Hall–Kier alpha value is -3.50. The lowest BCUT2D eigenvalue weighted by Gasteiger charge is -2.50. The molecule has 3 unspecified atom stereocenters. The summed E-state index contributed by atoms with van der Waals surface area (Å²) in [6, 6.07) is 1.64. The fraction of sp³-hybridized carbons (Fsp3) is 0.548. The number of hydrogen-bond acceptors (Lipinski definition) is 9. The Morgan fingerprint density at radius 2 is 1.71 bits per heavy atom. The largest absolute Gasteiger partial charge is 0.508 e. The number of carbonyl (C=O) groups excluding carboxylic acids is 4. The molecule has 10 nitrogen and oxygen atoms in total. The van der Waals surface area contributed by atoms with Crippen molar-refractivity contribution >= 4 is 29.0 Å². The topological polar surface area (TPSA) is 162 Å². The first-order chi connectivity index (χ1) is 19.2. The number of hydrogen-bond donors (Lipinski definition) is 4. The highest BCUT2D eigenvalue weighted by atomic mass is 16.5. The van der Waals surface area contributed by atoms with E-state index in [1.54, 1.807) is 24.8 Å². The molecule has 5 rings (SSSR count). The van der Waals surface area contributed by atoms with Crippen LogP contribution in [-0.2, 0) is 25.5 Å². The Kier molecular flexibility index (Phi) is 7.14. The lowest BCUT2D eigenvalue weighted by Crippen LogP contribution is -2.61. The number of aliphatic hydroxyl groups is 3. The second-order valence-electron chi connectivity index (χ2n) is 12.3. The zero-order valence-corrected chi connectivity index (χ0v) is 24.0. The molecule has 1 aromatic rings. The maximum atomic E-state index is 14.1. The van der Waals surface area contributed by atoms with Gasteiger partial charge in [-0.15, -0.1) is 0 Å². The molecular formula is C31H37NO9. The van der Waals surface area contributed by atoms with Gasteiger partial charge < -0.3 is 30.1 Å². The van der Waals surface area contributed by atoms with Crippen molar-refractivity contribution in [3.8, 4) is 5.75 Å². The Bertz CT molecular complexity index is 1430. The highest BCUT2D eigenvalue weighted by molar-refractivity contribution is 6.24. The van der Waals surface area contributed by atoms with Gasteiger partial charge in [-0.05, 0) is 54.7 Å². The van der Waals surface area contributed by atoms with Crippen LogP contribution in [0.15, 0.2) is 23.0 Å². The summed E-state index contributed by atoms with van der Waals surface area (Å²) in [6.07, 6.45) is 0.293. The van der Waals surface area contributed by atoms with Crippen molar-refractivity contribution in [3.63, 3.8) is 0 Å². The van der Waals surface area contributed by atoms with Gasteiger partial charge in [0, 0.05) is 30.5 Å². The van der Waals surface area contributed by atoms with E-state index in [0.717, 1.165) is 12.5 Å². The van der Waals surface area contributed by atoms with E-state index in [1.807, 2.05) is 13.8 Å². The number of phenols is 1. The number of amides is 1. The lowest BCUT2D eigenvalue weighted by atomic mass is 9.54. The molecule has 1 amide bonds. The first-order valence-electron chi connectivity index (χ1n) is 14.2. The number of phenolic OH excluding ortho intramolecular Hbond substituents is 1. The molecule has 0 bridgehead atoms. The molecule has 1 saturated carbocycles. The number of morpholine rings is 1. The molecule has 220 valence electrons. The van der Waals surface area contributed by atoms with E-state index in [2.05, 4.69) is 0 Å². The van der Waals surface area contributed by atoms with Crippen LogP contribution < -0.4 is 0 Å². The number of allylic oxidation sites excluding steroid dienone is 1. The number of ether oxygens (including phenoxy) is 1. The van der Waals surface area contributed by atoms with Gasteiger partial charge in [0.05, 0.1) is 24.3 Å². The van der Waals surface area contributed by atoms with Gasteiger partial charge in [0.15, 0.2) is 17.2 Å². The third kappa shape index (κ3) is 4.14. The predicted octanol–water partition coefficient (Wildman–Crippen LogP) is 3.01. The Morgan fingerprint density at radius 1 is 1.07 bits per heavy atom. The van der Waals surface area contributed by atoms with Crippen LogP contribution in [0.2, 0.25) is 0 Å². The van der Waals surface area contributed by atoms with Crippen molar-refractivity contribution in [1.82, 2.24) is 4.90 Å². The van der Waals surface area contributed by atoms with Crippen molar-refractivity contribution in [3.05, 3.63) is 45.2 Å². The molecule has 0 radical (unpaired) electrons. The number of carbonyl (C=O) groups is 4. The summed E-state index contributed by atoms with van der Waals surface area (Å²) in [6.45, 7) is 9.87. The monoisotopic (exact) mass is 567 g/mol. The van der Waals surface area contributed by atoms with Gasteiger partial charge in [-0.2, -0.15) is 0 Å². The third-order valence-corrected chi connectivity index (χ3v) is 9.26. The van der Waals surface area contributed by atoms with E-state index >= 15 is 0 Å². The molecule has 2 fully saturated rings. The lowest BCUT2D eigenvalue weighted by molar-refractivity contribution is -0.155. The second-order valence-corrected chi connectivity index (χ2v) is 12.3. The van der Waals surface area contributed by atoms with Crippen molar-refractivity contribution < 1.29 is 44.3 Å². The van der Waals surface area contributed by atoms with Crippen LogP contribution in [0, 0.1) is 23.7 Å². The standard InChI is InChI=1S/C31H37NO9/c1-13(2)17-12-19(30(39)32-6-8-41-9-7-32)25(34)24-18(17)10-16-11-20-21(14(3)4)26(35)22(15(5)33)28(37)31(20,40)29(38)23(16)27(24)36/h12-14,16,20-21,34,36-37,40H,6-11H2,1-5H3/t16?,20?,21?,31-/m0/s1. The average Bonchev–Trinajstić information content (AvgIpc) is 2.90. The number of aliphatic hydroxyl groups excluding tert-OH is 2. The summed E-state index contributed by atoms with van der Waals surface area (Å²) in [5.41, 5.74) is -2.12. The molecule has 0 spiro atoms. The number of nitrogens with zero attached hydrogens (tertiary/aromatic N) is 1. The molecule has 4 N–H and O–H groups in total. The third-order valence-electron chi connectivity index (χ3n) is 9.26. The minimum Gasteiger partial charge on any atom is -0.508 e. The highest BCUT2D eigenvalue weighted by Crippen LogP contribution is 2.55. The maximum absolute atomic E-state index is 14.1. The van der Waals surface area contributed by atoms with Gasteiger partial charge in [-0.1, -0.05) is 27.7 Å². The number of rotatable bonds is 4. The molecule has 1 aromatic carbocycles. The normalized spacial score (nSPS) is 28.2. The minimum absolute atomic E-state index is 0.00968. The quantitative estimate of drug-likeness (QED) is 0.401. The molecule has 10 heteroatoms.